The summed E-state index contributed by atoms with van der Waals surface area (Å²) in [6.07, 6.45) is 11.0. The van der Waals surface area contributed by atoms with Crippen LogP contribution < -0.4 is 5.32 Å². The van der Waals surface area contributed by atoms with Gasteiger partial charge in [0, 0.05) is 6.04 Å². The smallest absolute Gasteiger partial charge is 0.0720 e. The lowest BCUT2D eigenvalue weighted by Crippen LogP contribution is -2.19. The molecular weight excluding hydrogens is 246 g/mol. The third kappa shape index (κ3) is 4.60. The second-order valence-electron chi connectivity index (χ2n) is 6.37. The highest BCUT2D eigenvalue weighted by Gasteiger charge is 2.19. The van der Waals surface area contributed by atoms with Crippen molar-refractivity contribution in [3.05, 3.63) is 35.4 Å². The van der Waals surface area contributed by atoms with E-state index < -0.39 is 0 Å². The Balaban J connectivity index is 1.38. The highest BCUT2D eigenvalue weighted by Crippen LogP contribution is 2.21. The van der Waals surface area contributed by atoms with Gasteiger partial charge in [0.05, 0.1) is 12.7 Å². The van der Waals surface area contributed by atoms with E-state index in [1.807, 2.05) is 0 Å². The molecule has 2 saturated carbocycles. The Kier molecular flexibility index (Phi) is 5.10. The minimum atomic E-state index is 0.506. The molecule has 1 aromatic rings. The Morgan fingerprint density at radius 2 is 1.60 bits per heavy atom. The molecule has 3 rings (SSSR count). The fraction of sp³-hybridized carbons (Fsp3) is 0.667. The summed E-state index contributed by atoms with van der Waals surface area (Å²) in [5.74, 6) is 0. The maximum atomic E-state index is 6.02. The van der Waals surface area contributed by atoms with Gasteiger partial charge in [0.15, 0.2) is 0 Å². The van der Waals surface area contributed by atoms with Gasteiger partial charge in [-0.2, -0.15) is 0 Å². The molecule has 1 aromatic carbocycles. The molecule has 0 aliphatic heterocycles. The molecular formula is C18H27NO. The summed E-state index contributed by atoms with van der Waals surface area (Å²) in [7, 11) is 0. The molecule has 2 aliphatic carbocycles. The summed E-state index contributed by atoms with van der Waals surface area (Å²) in [4.78, 5) is 0. The van der Waals surface area contributed by atoms with E-state index in [0.29, 0.717) is 6.10 Å². The molecule has 2 aliphatic rings. The van der Waals surface area contributed by atoms with Crippen molar-refractivity contribution < 1.29 is 4.74 Å². The van der Waals surface area contributed by atoms with E-state index in [4.69, 9.17) is 4.74 Å². The van der Waals surface area contributed by atoms with E-state index in [0.717, 1.165) is 25.6 Å². The largest absolute Gasteiger partial charge is 0.374 e. The summed E-state index contributed by atoms with van der Waals surface area (Å²) in [5, 5.41) is 3.56. The fourth-order valence-electron chi connectivity index (χ4n) is 2.96. The SMILES string of the molecule is c1cc(COC2CCCCC2)ccc1CCNC1CC1. The van der Waals surface area contributed by atoms with Crippen LogP contribution in [-0.4, -0.2) is 18.7 Å². The minimum absolute atomic E-state index is 0.506. The molecule has 110 valence electrons. The van der Waals surface area contributed by atoms with Crippen LogP contribution in [0.2, 0.25) is 0 Å². The maximum Gasteiger partial charge on any atom is 0.0720 e. The predicted octanol–water partition coefficient (Wildman–Crippen LogP) is 3.83. The quantitative estimate of drug-likeness (QED) is 0.815. The van der Waals surface area contributed by atoms with Gasteiger partial charge in [-0.3, -0.25) is 0 Å². The fourth-order valence-corrected chi connectivity index (χ4v) is 2.96. The Hall–Kier alpha value is -0.860. The van der Waals surface area contributed by atoms with Crippen LogP contribution in [0.15, 0.2) is 24.3 Å². The van der Waals surface area contributed by atoms with E-state index in [1.165, 1.54) is 56.1 Å². The summed E-state index contributed by atoms with van der Waals surface area (Å²) < 4.78 is 6.02. The molecule has 0 amide bonds. The molecule has 0 radical (unpaired) electrons. The number of nitrogens with one attached hydrogen (secondary N) is 1. The molecule has 0 unspecified atom stereocenters. The van der Waals surface area contributed by atoms with Crippen LogP contribution in [0.3, 0.4) is 0 Å². The topological polar surface area (TPSA) is 21.3 Å². The minimum Gasteiger partial charge on any atom is -0.374 e. The number of rotatable bonds is 7. The molecule has 0 aromatic heterocycles. The van der Waals surface area contributed by atoms with Gasteiger partial charge >= 0.3 is 0 Å². The highest BCUT2D eigenvalue weighted by atomic mass is 16.5. The van der Waals surface area contributed by atoms with E-state index in [-0.39, 0.29) is 0 Å². The zero-order chi connectivity index (χ0) is 13.6. The van der Waals surface area contributed by atoms with Crippen LogP contribution in [0.1, 0.15) is 56.1 Å². The number of benzene rings is 1. The molecule has 2 nitrogen and oxygen atoms in total. The van der Waals surface area contributed by atoms with Gasteiger partial charge in [0.25, 0.3) is 0 Å². The van der Waals surface area contributed by atoms with Crippen molar-refractivity contribution in [3.63, 3.8) is 0 Å². The van der Waals surface area contributed by atoms with Crippen molar-refractivity contribution in [1.82, 2.24) is 5.32 Å². The first kappa shape index (κ1) is 14.1. The Morgan fingerprint density at radius 1 is 0.900 bits per heavy atom. The van der Waals surface area contributed by atoms with Gasteiger partial charge in [-0.25, -0.2) is 0 Å². The van der Waals surface area contributed by atoms with Crippen LogP contribution in [0, 0.1) is 0 Å². The maximum absolute atomic E-state index is 6.02. The molecule has 0 bridgehead atoms. The molecule has 2 fully saturated rings. The van der Waals surface area contributed by atoms with E-state index >= 15 is 0 Å². The first-order valence-electron chi connectivity index (χ1n) is 8.33. The molecule has 0 spiro atoms. The number of ether oxygens (including phenoxy) is 1. The van der Waals surface area contributed by atoms with Gasteiger partial charge in [-0.05, 0) is 49.8 Å². The average Bonchev–Trinajstić information content (AvgIpc) is 3.32. The molecule has 2 heteroatoms. The molecule has 0 saturated heterocycles. The molecule has 1 N–H and O–H groups in total. The Bertz CT molecular complexity index is 390. The van der Waals surface area contributed by atoms with Crippen LogP contribution in [0.4, 0.5) is 0 Å². The van der Waals surface area contributed by atoms with Crippen LogP contribution in [-0.2, 0) is 17.8 Å². The van der Waals surface area contributed by atoms with Crippen molar-refractivity contribution in [2.24, 2.45) is 0 Å². The van der Waals surface area contributed by atoms with E-state index in [1.54, 1.807) is 0 Å². The lowest BCUT2D eigenvalue weighted by molar-refractivity contribution is 0.0169. The second-order valence-corrected chi connectivity index (χ2v) is 6.37. The zero-order valence-electron chi connectivity index (χ0n) is 12.4. The average molecular weight is 273 g/mol. The lowest BCUT2D eigenvalue weighted by Gasteiger charge is -2.22. The first-order chi connectivity index (χ1) is 9.90. The number of hydrogen-bond acceptors (Lipinski definition) is 2. The van der Waals surface area contributed by atoms with Gasteiger partial charge < -0.3 is 10.1 Å². The first-order valence-corrected chi connectivity index (χ1v) is 8.33. The van der Waals surface area contributed by atoms with Crippen molar-refractivity contribution >= 4 is 0 Å². The van der Waals surface area contributed by atoms with Crippen molar-refractivity contribution in [1.29, 1.82) is 0 Å². The van der Waals surface area contributed by atoms with Gasteiger partial charge in [0.2, 0.25) is 0 Å². The summed E-state index contributed by atoms with van der Waals surface area (Å²) in [6, 6.07) is 9.80. The van der Waals surface area contributed by atoms with Gasteiger partial charge in [0.1, 0.15) is 0 Å². The third-order valence-electron chi connectivity index (χ3n) is 4.48. The zero-order valence-corrected chi connectivity index (χ0v) is 12.4. The summed E-state index contributed by atoms with van der Waals surface area (Å²) in [6.45, 7) is 1.90. The third-order valence-corrected chi connectivity index (χ3v) is 4.48. The van der Waals surface area contributed by atoms with Crippen LogP contribution in [0.5, 0.6) is 0 Å². The monoisotopic (exact) mass is 273 g/mol. The van der Waals surface area contributed by atoms with Crippen molar-refractivity contribution in [2.45, 2.75) is 70.1 Å². The van der Waals surface area contributed by atoms with Gasteiger partial charge in [-0.15, -0.1) is 0 Å². The molecule has 0 heterocycles. The summed E-state index contributed by atoms with van der Waals surface area (Å²) >= 11 is 0. The molecule has 0 atom stereocenters. The predicted molar refractivity (Wildman–Crippen MR) is 82.8 cm³/mol. The highest BCUT2D eigenvalue weighted by molar-refractivity contribution is 5.22. The van der Waals surface area contributed by atoms with Crippen molar-refractivity contribution in [2.75, 3.05) is 6.54 Å². The van der Waals surface area contributed by atoms with Crippen molar-refractivity contribution in [3.8, 4) is 0 Å². The normalized spacial score (nSPS) is 20.2. The Morgan fingerprint density at radius 3 is 2.30 bits per heavy atom. The van der Waals surface area contributed by atoms with E-state index in [2.05, 4.69) is 29.6 Å². The summed E-state index contributed by atoms with van der Waals surface area (Å²) in [5.41, 5.74) is 2.74. The Labute approximate surface area is 122 Å². The van der Waals surface area contributed by atoms with E-state index in [9.17, 15) is 0 Å². The number of hydrogen-bond donors (Lipinski definition) is 1. The standard InChI is InChI=1S/C18H27NO/c1-2-4-18(5-3-1)20-14-16-8-6-15(7-9-16)12-13-19-17-10-11-17/h6-9,17-19H,1-5,10-14H2. The lowest BCUT2D eigenvalue weighted by atomic mass is 9.98. The van der Waals surface area contributed by atoms with Crippen LogP contribution >= 0.6 is 0 Å². The second kappa shape index (κ2) is 7.24. The van der Waals surface area contributed by atoms with Crippen LogP contribution in [0.25, 0.3) is 0 Å². The molecule has 20 heavy (non-hydrogen) atoms. The van der Waals surface area contributed by atoms with Gasteiger partial charge in [-0.1, -0.05) is 43.5 Å².